The maximum atomic E-state index is 5.40. The molecule has 1 unspecified atom stereocenters. The molecule has 0 saturated heterocycles. The molecule has 0 aliphatic carbocycles. The summed E-state index contributed by atoms with van der Waals surface area (Å²) in [6, 6.07) is 0.236. The molecule has 0 fully saturated rings. The highest BCUT2D eigenvalue weighted by Gasteiger charge is 2.11. The Kier molecular flexibility index (Phi) is 6.43. The first-order valence-electron chi connectivity index (χ1n) is 6.64. The Morgan fingerprint density at radius 2 is 1.94 bits per heavy atom. The number of anilines is 2. The molecular formula is C13H24N4O. The highest BCUT2D eigenvalue weighted by molar-refractivity contribution is 5.57. The van der Waals surface area contributed by atoms with Crippen LogP contribution in [-0.4, -0.2) is 35.8 Å². The van der Waals surface area contributed by atoms with Crippen LogP contribution in [0.2, 0.25) is 0 Å². The molecule has 0 saturated carbocycles. The van der Waals surface area contributed by atoms with E-state index in [0.717, 1.165) is 36.8 Å². The minimum atomic E-state index is 0.236. The minimum Gasteiger partial charge on any atom is -0.380 e. The third kappa shape index (κ3) is 4.14. The molecule has 18 heavy (non-hydrogen) atoms. The number of rotatable bonds is 8. The lowest BCUT2D eigenvalue weighted by atomic mass is 10.2. The molecule has 1 aromatic rings. The monoisotopic (exact) mass is 252 g/mol. The molecule has 0 amide bonds. The zero-order valence-corrected chi connectivity index (χ0v) is 11.8. The standard InChI is InChI=1S/C13H24N4O/c1-5-11-12(14-6-2)15-9-16-13(11)17-10(4)8-18-7-3/h9-10H,5-8H2,1-4H3,(H2,14,15,16,17). The van der Waals surface area contributed by atoms with Gasteiger partial charge >= 0.3 is 0 Å². The van der Waals surface area contributed by atoms with E-state index in [1.54, 1.807) is 6.33 Å². The Balaban J connectivity index is 2.77. The van der Waals surface area contributed by atoms with E-state index in [4.69, 9.17) is 4.74 Å². The van der Waals surface area contributed by atoms with Crippen molar-refractivity contribution in [3.8, 4) is 0 Å². The maximum Gasteiger partial charge on any atom is 0.134 e. The lowest BCUT2D eigenvalue weighted by Gasteiger charge is -2.18. The van der Waals surface area contributed by atoms with Gasteiger partial charge in [-0.05, 0) is 27.2 Å². The van der Waals surface area contributed by atoms with Gasteiger partial charge < -0.3 is 15.4 Å². The molecule has 0 bridgehead atoms. The van der Waals surface area contributed by atoms with Gasteiger partial charge in [0.15, 0.2) is 0 Å². The molecule has 0 radical (unpaired) electrons. The van der Waals surface area contributed by atoms with Gasteiger partial charge in [-0.2, -0.15) is 0 Å². The van der Waals surface area contributed by atoms with E-state index in [0.29, 0.717) is 6.61 Å². The maximum absolute atomic E-state index is 5.40. The summed E-state index contributed by atoms with van der Waals surface area (Å²) < 4.78 is 5.40. The van der Waals surface area contributed by atoms with Crippen LogP contribution in [0.3, 0.4) is 0 Å². The van der Waals surface area contributed by atoms with Crippen molar-refractivity contribution in [2.24, 2.45) is 0 Å². The van der Waals surface area contributed by atoms with E-state index >= 15 is 0 Å². The highest BCUT2D eigenvalue weighted by atomic mass is 16.5. The summed E-state index contributed by atoms with van der Waals surface area (Å²) in [7, 11) is 0. The van der Waals surface area contributed by atoms with E-state index in [1.807, 2.05) is 6.92 Å². The van der Waals surface area contributed by atoms with Gasteiger partial charge in [0.05, 0.1) is 6.61 Å². The van der Waals surface area contributed by atoms with Gasteiger partial charge in [-0.3, -0.25) is 0 Å². The zero-order chi connectivity index (χ0) is 13.4. The van der Waals surface area contributed by atoms with Crippen molar-refractivity contribution in [1.29, 1.82) is 0 Å². The predicted molar refractivity (Wildman–Crippen MR) is 75.2 cm³/mol. The van der Waals surface area contributed by atoms with Crippen molar-refractivity contribution in [1.82, 2.24) is 9.97 Å². The lowest BCUT2D eigenvalue weighted by molar-refractivity contribution is 0.141. The summed E-state index contributed by atoms with van der Waals surface area (Å²) in [4.78, 5) is 8.60. The Labute approximate surface area is 109 Å². The number of ether oxygens (including phenoxy) is 1. The van der Waals surface area contributed by atoms with Crippen molar-refractivity contribution in [3.05, 3.63) is 11.9 Å². The molecule has 1 rings (SSSR count). The van der Waals surface area contributed by atoms with Crippen molar-refractivity contribution < 1.29 is 4.74 Å². The van der Waals surface area contributed by atoms with E-state index in [-0.39, 0.29) is 6.04 Å². The second kappa shape index (κ2) is 7.87. The van der Waals surface area contributed by atoms with Gasteiger partial charge in [0, 0.05) is 24.8 Å². The molecule has 5 heteroatoms. The number of nitrogens with zero attached hydrogens (tertiary/aromatic N) is 2. The number of hydrogen-bond acceptors (Lipinski definition) is 5. The number of nitrogens with one attached hydrogen (secondary N) is 2. The normalized spacial score (nSPS) is 12.2. The Hall–Kier alpha value is -1.36. The molecule has 1 atom stereocenters. The second-order valence-corrected chi connectivity index (χ2v) is 4.14. The Morgan fingerprint density at radius 3 is 2.56 bits per heavy atom. The van der Waals surface area contributed by atoms with E-state index in [1.165, 1.54) is 0 Å². The topological polar surface area (TPSA) is 59.1 Å². The molecule has 2 N–H and O–H groups in total. The van der Waals surface area contributed by atoms with Gasteiger partial charge in [-0.15, -0.1) is 0 Å². The second-order valence-electron chi connectivity index (χ2n) is 4.14. The predicted octanol–water partition coefficient (Wildman–Crippen LogP) is 2.31. The first-order valence-corrected chi connectivity index (χ1v) is 6.64. The first kappa shape index (κ1) is 14.7. The SMILES string of the molecule is CCNc1ncnc(NC(C)COCC)c1CC. The van der Waals surface area contributed by atoms with E-state index in [9.17, 15) is 0 Å². The third-order valence-corrected chi connectivity index (χ3v) is 2.60. The molecule has 0 aliphatic heterocycles. The van der Waals surface area contributed by atoms with Crippen LogP contribution in [0.5, 0.6) is 0 Å². The van der Waals surface area contributed by atoms with Gasteiger partial charge in [0.1, 0.15) is 18.0 Å². The molecule has 0 aliphatic rings. The highest BCUT2D eigenvalue weighted by Crippen LogP contribution is 2.20. The van der Waals surface area contributed by atoms with Crippen LogP contribution < -0.4 is 10.6 Å². The van der Waals surface area contributed by atoms with Crippen molar-refractivity contribution >= 4 is 11.6 Å². The van der Waals surface area contributed by atoms with Crippen molar-refractivity contribution in [2.75, 3.05) is 30.4 Å². The number of aromatic nitrogens is 2. The lowest BCUT2D eigenvalue weighted by Crippen LogP contribution is -2.23. The molecule has 1 heterocycles. The molecule has 0 spiro atoms. The van der Waals surface area contributed by atoms with Crippen LogP contribution in [-0.2, 0) is 11.2 Å². The van der Waals surface area contributed by atoms with Crippen LogP contribution in [0.15, 0.2) is 6.33 Å². The molecule has 1 aromatic heterocycles. The summed E-state index contributed by atoms with van der Waals surface area (Å²) in [5.41, 5.74) is 1.13. The average Bonchev–Trinajstić information content (AvgIpc) is 2.37. The minimum absolute atomic E-state index is 0.236. The van der Waals surface area contributed by atoms with E-state index < -0.39 is 0 Å². The van der Waals surface area contributed by atoms with Crippen LogP contribution in [0, 0.1) is 0 Å². The van der Waals surface area contributed by atoms with Crippen molar-refractivity contribution in [3.63, 3.8) is 0 Å². The fourth-order valence-electron chi connectivity index (χ4n) is 1.76. The van der Waals surface area contributed by atoms with Crippen LogP contribution in [0.25, 0.3) is 0 Å². The first-order chi connectivity index (χ1) is 8.72. The molecule has 5 nitrogen and oxygen atoms in total. The fourth-order valence-corrected chi connectivity index (χ4v) is 1.76. The average molecular weight is 252 g/mol. The molecule has 0 aromatic carbocycles. The van der Waals surface area contributed by atoms with Crippen LogP contribution in [0.1, 0.15) is 33.3 Å². The fraction of sp³-hybridized carbons (Fsp3) is 0.692. The number of hydrogen-bond donors (Lipinski definition) is 2. The van der Waals surface area contributed by atoms with Gasteiger partial charge in [0.25, 0.3) is 0 Å². The van der Waals surface area contributed by atoms with Crippen LogP contribution >= 0.6 is 0 Å². The molecular weight excluding hydrogens is 228 g/mol. The van der Waals surface area contributed by atoms with Gasteiger partial charge in [0.2, 0.25) is 0 Å². The van der Waals surface area contributed by atoms with Gasteiger partial charge in [-0.1, -0.05) is 6.92 Å². The Morgan fingerprint density at radius 1 is 1.22 bits per heavy atom. The smallest absolute Gasteiger partial charge is 0.134 e. The summed E-state index contributed by atoms with van der Waals surface area (Å²) >= 11 is 0. The summed E-state index contributed by atoms with van der Waals surface area (Å²) in [6.45, 7) is 10.5. The Bertz CT molecular complexity index is 357. The van der Waals surface area contributed by atoms with Crippen LogP contribution in [0.4, 0.5) is 11.6 Å². The van der Waals surface area contributed by atoms with Crippen molar-refractivity contribution in [2.45, 2.75) is 40.2 Å². The summed E-state index contributed by atoms with van der Waals surface area (Å²) in [5, 5.41) is 6.64. The largest absolute Gasteiger partial charge is 0.380 e. The summed E-state index contributed by atoms with van der Waals surface area (Å²) in [6.07, 6.45) is 2.49. The zero-order valence-electron chi connectivity index (χ0n) is 11.8. The summed E-state index contributed by atoms with van der Waals surface area (Å²) in [5.74, 6) is 1.82. The van der Waals surface area contributed by atoms with E-state index in [2.05, 4.69) is 41.4 Å². The quantitative estimate of drug-likeness (QED) is 0.743. The molecule has 102 valence electrons. The third-order valence-electron chi connectivity index (χ3n) is 2.60. The van der Waals surface area contributed by atoms with Gasteiger partial charge in [-0.25, -0.2) is 9.97 Å².